The predicted molar refractivity (Wildman–Crippen MR) is 66.4 cm³/mol. The van der Waals surface area contributed by atoms with Crippen LogP contribution in [0.1, 0.15) is 16.3 Å². The monoisotopic (exact) mass is 248 g/mol. The highest BCUT2D eigenvalue weighted by Crippen LogP contribution is 2.23. The molecule has 0 unspecified atom stereocenters. The van der Waals surface area contributed by atoms with Gasteiger partial charge in [-0.3, -0.25) is 10.2 Å². The molecule has 1 aromatic heterocycles. The zero-order valence-electron chi connectivity index (χ0n) is 9.05. The van der Waals surface area contributed by atoms with Crippen molar-refractivity contribution in [3.8, 4) is 0 Å². The number of hydrazine groups is 1. The normalized spacial score (nSPS) is 10.2. The number of thioether (sulfide) groups is 1. The van der Waals surface area contributed by atoms with Gasteiger partial charge < -0.3 is 4.42 Å². The zero-order valence-corrected chi connectivity index (χ0v) is 9.87. The minimum atomic E-state index is -0.416. The molecule has 0 atom stereocenters. The molecule has 1 amide bonds. The summed E-state index contributed by atoms with van der Waals surface area (Å²) in [6.07, 6.45) is 0. The van der Waals surface area contributed by atoms with Gasteiger partial charge in [-0.2, -0.15) is 0 Å². The molecule has 0 radical (unpaired) electrons. The van der Waals surface area contributed by atoms with E-state index in [0.717, 1.165) is 10.7 Å². The van der Waals surface area contributed by atoms with Gasteiger partial charge in [0.05, 0.1) is 5.75 Å². The Bertz CT molecular complexity index is 496. The summed E-state index contributed by atoms with van der Waals surface area (Å²) in [5.41, 5.74) is 2.03. The summed E-state index contributed by atoms with van der Waals surface area (Å²) in [6, 6.07) is 13.4. The van der Waals surface area contributed by atoms with Gasteiger partial charge in [-0.1, -0.05) is 18.2 Å². The lowest BCUT2D eigenvalue weighted by atomic mass is 10.4. The SMILES string of the molecule is NNC(=O)c1ccc(CSc2ccccc2)o1. The fourth-order valence-electron chi connectivity index (χ4n) is 1.32. The third-order valence-electron chi connectivity index (χ3n) is 2.14. The Hall–Kier alpha value is -1.72. The maximum atomic E-state index is 11.2. The smallest absolute Gasteiger partial charge is 0.300 e. The summed E-state index contributed by atoms with van der Waals surface area (Å²) in [5.74, 6) is 6.26. The van der Waals surface area contributed by atoms with Gasteiger partial charge in [-0.05, 0) is 24.3 Å². The standard InChI is InChI=1S/C12H12N2O2S/c13-14-12(15)11-7-6-9(16-11)8-17-10-4-2-1-3-5-10/h1-7H,8,13H2,(H,14,15). The van der Waals surface area contributed by atoms with Crippen molar-refractivity contribution in [3.63, 3.8) is 0 Å². The molecular weight excluding hydrogens is 236 g/mol. The molecule has 0 fully saturated rings. The van der Waals surface area contributed by atoms with Gasteiger partial charge in [-0.25, -0.2) is 5.84 Å². The summed E-state index contributed by atoms with van der Waals surface area (Å²) >= 11 is 1.65. The van der Waals surface area contributed by atoms with E-state index in [-0.39, 0.29) is 5.76 Å². The number of nitrogens with two attached hydrogens (primary N) is 1. The molecule has 0 saturated carbocycles. The van der Waals surface area contributed by atoms with E-state index in [4.69, 9.17) is 10.3 Å². The molecule has 88 valence electrons. The van der Waals surface area contributed by atoms with Crippen LogP contribution in [0, 0.1) is 0 Å². The number of nitrogen functional groups attached to an aromatic ring is 1. The molecule has 2 aromatic rings. The van der Waals surface area contributed by atoms with Crippen molar-refractivity contribution >= 4 is 17.7 Å². The number of nitrogens with one attached hydrogen (secondary N) is 1. The van der Waals surface area contributed by atoms with Crippen LogP contribution in [0.15, 0.2) is 51.8 Å². The molecule has 0 aliphatic carbocycles. The molecule has 1 aromatic carbocycles. The molecule has 0 bridgehead atoms. The lowest BCUT2D eigenvalue weighted by molar-refractivity contribution is 0.0924. The molecule has 0 saturated heterocycles. The number of amides is 1. The summed E-state index contributed by atoms with van der Waals surface area (Å²) in [6.45, 7) is 0. The molecule has 5 heteroatoms. The van der Waals surface area contributed by atoms with Crippen molar-refractivity contribution in [1.82, 2.24) is 5.43 Å². The van der Waals surface area contributed by atoms with Crippen LogP contribution in [0.4, 0.5) is 0 Å². The van der Waals surface area contributed by atoms with E-state index in [1.807, 2.05) is 35.8 Å². The molecule has 1 heterocycles. The molecule has 3 N–H and O–H groups in total. The molecule has 0 aliphatic heterocycles. The average molecular weight is 248 g/mol. The van der Waals surface area contributed by atoms with E-state index in [0.29, 0.717) is 5.75 Å². The number of carbonyl (C=O) groups is 1. The molecular formula is C12H12N2O2S. The van der Waals surface area contributed by atoms with Crippen LogP contribution in [0.5, 0.6) is 0 Å². The van der Waals surface area contributed by atoms with Gasteiger partial charge in [-0.15, -0.1) is 11.8 Å². The maximum absolute atomic E-state index is 11.2. The van der Waals surface area contributed by atoms with Crippen LogP contribution in [0.2, 0.25) is 0 Å². The summed E-state index contributed by atoms with van der Waals surface area (Å²) < 4.78 is 5.35. The highest BCUT2D eigenvalue weighted by molar-refractivity contribution is 7.98. The van der Waals surface area contributed by atoms with E-state index >= 15 is 0 Å². The van der Waals surface area contributed by atoms with E-state index in [2.05, 4.69) is 0 Å². The molecule has 2 rings (SSSR count). The number of rotatable bonds is 4. The van der Waals surface area contributed by atoms with Gasteiger partial charge in [0.15, 0.2) is 5.76 Å². The van der Waals surface area contributed by atoms with Crippen LogP contribution in [-0.2, 0) is 5.75 Å². The zero-order chi connectivity index (χ0) is 12.1. The van der Waals surface area contributed by atoms with Crippen LogP contribution in [-0.4, -0.2) is 5.91 Å². The van der Waals surface area contributed by atoms with E-state index in [9.17, 15) is 4.79 Å². The molecule has 0 spiro atoms. The lowest BCUT2D eigenvalue weighted by Crippen LogP contribution is -2.29. The second kappa shape index (κ2) is 5.56. The van der Waals surface area contributed by atoms with Gasteiger partial charge in [0.2, 0.25) is 0 Å². The number of carbonyl (C=O) groups excluding carboxylic acids is 1. The van der Waals surface area contributed by atoms with Gasteiger partial charge in [0.25, 0.3) is 0 Å². The highest BCUT2D eigenvalue weighted by Gasteiger charge is 2.09. The van der Waals surface area contributed by atoms with Crippen molar-refractivity contribution in [2.24, 2.45) is 5.84 Å². The minimum absolute atomic E-state index is 0.233. The number of benzene rings is 1. The predicted octanol–water partition coefficient (Wildman–Crippen LogP) is 2.18. The third-order valence-corrected chi connectivity index (χ3v) is 3.18. The topological polar surface area (TPSA) is 68.3 Å². The van der Waals surface area contributed by atoms with Crippen LogP contribution in [0.25, 0.3) is 0 Å². The first-order chi connectivity index (χ1) is 8.29. The number of hydrogen-bond acceptors (Lipinski definition) is 4. The Kier molecular flexibility index (Phi) is 3.85. The Morgan fingerprint density at radius 1 is 1.24 bits per heavy atom. The van der Waals surface area contributed by atoms with E-state index < -0.39 is 5.91 Å². The molecule has 4 nitrogen and oxygen atoms in total. The second-order valence-corrected chi connectivity index (χ2v) is 4.39. The average Bonchev–Trinajstić information content (AvgIpc) is 2.85. The minimum Gasteiger partial charge on any atom is -0.455 e. The van der Waals surface area contributed by atoms with Crippen molar-refractivity contribution < 1.29 is 9.21 Å². The summed E-state index contributed by atoms with van der Waals surface area (Å²) in [4.78, 5) is 12.3. The fourth-order valence-corrected chi connectivity index (χ4v) is 2.13. The Balaban J connectivity index is 1.96. The maximum Gasteiger partial charge on any atom is 0.300 e. The Labute approximate surface area is 103 Å². The Morgan fingerprint density at radius 2 is 2.00 bits per heavy atom. The summed E-state index contributed by atoms with van der Waals surface area (Å²) in [7, 11) is 0. The fraction of sp³-hybridized carbons (Fsp3) is 0.0833. The van der Waals surface area contributed by atoms with Crippen LogP contribution < -0.4 is 11.3 Å². The van der Waals surface area contributed by atoms with Crippen molar-refractivity contribution in [2.75, 3.05) is 0 Å². The lowest BCUT2D eigenvalue weighted by Gasteiger charge is -1.98. The molecule has 17 heavy (non-hydrogen) atoms. The quantitative estimate of drug-likeness (QED) is 0.376. The van der Waals surface area contributed by atoms with E-state index in [1.165, 1.54) is 0 Å². The highest BCUT2D eigenvalue weighted by atomic mass is 32.2. The first-order valence-electron chi connectivity index (χ1n) is 5.07. The second-order valence-electron chi connectivity index (χ2n) is 3.34. The van der Waals surface area contributed by atoms with Crippen molar-refractivity contribution in [2.45, 2.75) is 10.6 Å². The van der Waals surface area contributed by atoms with E-state index in [1.54, 1.807) is 23.9 Å². The van der Waals surface area contributed by atoms with Crippen LogP contribution >= 0.6 is 11.8 Å². The summed E-state index contributed by atoms with van der Waals surface area (Å²) in [5, 5.41) is 0. The first-order valence-corrected chi connectivity index (χ1v) is 6.05. The molecule has 0 aliphatic rings. The first kappa shape index (κ1) is 11.8. The number of furan rings is 1. The van der Waals surface area contributed by atoms with Crippen molar-refractivity contribution in [1.29, 1.82) is 0 Å². The van der Waals surface area contributed by atoms with Crippen LogP contribution in [0.3, 0.4) is 0 Å². The van der Waals surface area contributed by atoms with Crippen molar-refractivity contribution in [3.05, 3.63) is 54.0 Å². The van der Waals surface area contributed by atoms with Gasteiger partial charge >= 0.3 is 5.91 Å². The Morgan fingerprint density at radius 3 is 2.71 bits per heavy atom. The third kappa shape index (κ3) is 3.12. The largest absolute Gasteiger partial charge is 0.455 e. The number of hydrogen-bond donors (Lipinski definition) is 2. The van der Waals surface area contributed by atoms with Gasteiger partial charge in [0.1, 0.15) is 5.76 Å². The van der Waals surface area contributed by atoms with Gasteiger partial charge in [0, 0.05) is 4.90 Å².